The van der Waals surface area contributed by atoms with Crippen molar-refractivity contribution in [3.63, 3.8) is 0 Å². The number of hydrogen-bond donors (Lipinski definition) is 4. The highest BCUT2D eigenvalue weighted by molar-refractivity contribution is 5.99. The van der Waals surface area contributed by atoms with Gasteiger partial charge in [0, 0.05) is 42.9 Å². The average Bonchev–Trinajstić information content (AvgIpc) is 3.26. The van der Waals surface area contributed by atoms with Gasteiger partial charge >= 0.3 is 6.18 Å². The van der Waals surface area contributed by atoms with Crippen molar-refractivity contribution in [3.05, 3.63) is 65.1 Å². The number of rotatable bonds is 7. The number of anilines is 4. The smallest absolute Gasteiger partial charge is 0.350 e. The van der Waals surface area contributed by atoms with Gasteiger partial charge in [-0.05, 0) is 63.1 Å². The van der Waals surface area contributed by atoms with Crippen LogP contribution in [0.5, 0.6) is 0 Å². The van der Waals surface area contributed by atoms with Crippen LogP contribution < -0.4 is 21.3 Å². The molecule has 4 rings (SSSR count). The van der Waals surface area contributed by atoms with E-state index in [1.807, 2.05) is 32.0 Å². The Bertz CT molecular complexity index is 1270. The van der Waals surface area contributed by atoms with Gasteiger partial charge in [-0.2, -0.15) is 18.2 Å². The number of alkyl halides is 3. The Labute approximate surface area is 207 Å². The van der Waals surface area contributed by atoms with Gasteiger partial charge < -0.3 is 21.3 Å². The molecule has 1 aliphatic rings. The Kier molecular flexibility index (Phi) is 6.85. The Morgan fingerprint density at radius 3 is 2.44 bits per heavy atom. The van der Waals surface area contributed by atoms with Gasteiger partial charge in [-0.1, -0.05) is 6.07 Å². The molecule has 1 aliphatic heterocycles. The molecule has 2 aromatic heterocycles. The number of pyridine rings is 1. The lowest BCUT2D eigenvalue weighted by Crippen LogP contribution is -2.37. The van der Waals surface area contributed by atoms with E-state index in [0.717, 1.165) is 32.6 Å². The molecule has 0 spiro atoms. The molecule has 0 aliphatic carbocycles. The highest BCUT2D eigenvalue weighted by Crippen LogP contribution is 2.40. The van der Waals surface area contributed by atoms with Crippen molar-refractivity contribution in [2.24, 2.45) is 0 Å². The van der Waals surface area contributed by atoms with E-state index in [0.29, 0.717) is 5.69 Å². The Balaban J connectivity index is 1.67. The summed E-state index contributed by atoms with van der Waals surface area (Å²) in [7, 11) is 0. The van der Waals surface area contributed by atoms with Gasteiger partial charge in [0.1, 0.15) is 16.8 Å². The zero-order chi connectivity index (χ0) is 26.1. The van der Waals surface area contributed by atoms with Crippen molar-refractivity contribution in [3.8, 4) is 0 Å². The largest absolute Gasteiger partial charge is 0.399 e. The molecular weight excluding hydrogens is 471 g/mol. The second-order valence-corrected chi connectivity index (χ2v) is 9.47. The van der Waals surface area contributed by atoms with Crippen molar-refractivity contribution in [1.82, 2.24) is 25.6 Å². The fourth-order valence-corrected chi connectivity index (χ4v) is 3.68. The number of aromatic nitrogens is 3. The topological polar surface area (TPSA) is 104 Å². The van der Waals surface area contributed by atoms with Gasteiger partial charge in [0.15, 0.2) is 0 Å². The first kappa shape index (κ1) is 25.4. The molecule has 0 fully saturated rings. The molecule has 0 atom stereocenters. The molecule has 0 saturated heterocycles. The second-order valence-electron chi connectivity index (χ2n) is 9.47. The van der Waals surface area contributed by atoms with E-state index in [4.69, 9.17) is 0 Å². The Morgan fingerprint density at radius 1 is 1.00 bits per heavy atom. The van der Waals surface area contributed by atoms with Crippen molar-refractivity contribution in [2.45, 2.75) is 58.4 Å². The van der Waals surface area contributed by atoms with E-state index in [9.17, 15) is 18.0 Å². The first-order chi connectivity index (χ1) is 16.9. The fraction of sp³-hybridized carbons (Fsp3) is 0.360. The fourth-order valence-electron chi connectivity index (χ4n) is 3.68. The van der Waals surface area contributed by atoms with Gasteiger partial charge in [0.05, 0.1) is 5.69 Å². The molecule has 0 bridgehead atoms. The number of carbonyl (C=O) groups excluding carboxylic acids is 1. The molecule has 0 saturated carbocycles. The molecule has 3 heterocycles. The molecule has 0 unspecified atom stereocenters. The number of nitrogens with one attached hydrogen (secondary N) is 4. The van der Waals surface area contributed by atoms with E-state index < -0.39 is 17.5 Å². The Morgan fingerprint density at radius 2 is 1.72 bits per heavy atom. The number of nitrogens with zero attached hydrogens (tertiary/aromatic N) is 3. The van der Waals surface area contributed by atoms with E-state index >= 15 is 0 Å². The Hall–Kier alpha value is -3.73. The first-order valence-corrected chi connectivity index (χ1v) is 11.5. The van der Waals surface area contributed by atoms with Crippen molar-refractivity contribution in [1.29, 1.82) is 0 Å². The molecule has 3 aromatic rings. The minimum atomic E-state index is -4.49. The number of fused-ring (bicyclic) bond motifs is 1. The first-order valence-electron chi connectivity index (χ1n) is 11.5. The van der Waals surface area contributed by atoms with Crippen LogP contribution in [0.25, 0.3) is 0 Å². The van der Waals surface area contributed by atoms with Crippen LogP contribution >= 0.6 is 0 Å². The van der Waals surface area contributed by atoms with Gasteiger partial charge in [-0.25, -0.2) is 4.98 Å². The molecule has 4 N–H and O–H groups in total. The lowest BCUT2D eigenvalue weighted by atomic mass is 9.88. The average molecular weight is 500 g/mol. The summed E-state index contributed by atoms with van der Waals surface area (Å²) in [6.45, 7) is 7.36. The van der Waals surface area contributed by atoms with Gasteiger partial charge in [0.2, 0.25) is 5.95 Å². The van der Waals surface area contributed by atoms with Crippen LogP contribution in [0, 0.1) is 0 Å². The maximum Gasteiger partial charge on any atom is 0.399 e. The molecule has 8 nitrogen and oxygen atoms in total. The van der Waals surface area contributed by atoms with Crippen molar-refractivity contribution >= 4 is 29.0 Å². The van der Waals surface area contributed by atoms with Crippen LogP contribution in [0.2, 0.25) is 0 Å². The predicted molar refractivity (Wildman–Crippen MR) is 132 cm³/mol. The number of amides is 1. The lowest BCUT2D eigenvalue weighted by molar-refractivity contribution is -0.181. The van der Waals surface area contributed by atoms with Crippen LogP contribution in [0.4, 0.5) is 36.3 Å². The number of carbonyl (C=O) groups is 1. The second kappa shape index (κ2) is 9.73. The molecular formula is C25H28F3N7O. The predicted octanol–water partition coefficient (Wildman–Crippen LogP) is 4.94. The number of benzene rings is 1. The van der Waals surface area contributed by atoms with Crippen LogP contribution in [-0.4, -0.2) is 33.1 Å². The lowest BCUT2D eigenvalue weighted by Gasteiger charge is -2.27. The summed E-state index contributed by atoms with van der Waals surface area (Å²) in [5.74, 6) is -0.0302. The molecule has 36 heavy (non-hydrogen) atoms. The van der Waals surface area contributed by atoms with Crippen molar-refractivity contribution < 1.29 is 18.0 Å². The zero-order valence-corrected chi connectivity index (χ0v) is 20.4. The van der Waals surface area contributed by atoms with E-state index in [1.54, 1.807) is 0 Å². The zero-order valence-electron chi connectivity index (χ0n) is 20.4. The highest BCUT2D eigenvalue weighted by Gasteiger charge is 2.49. The van der Waals surface area contributed by atoms with Gasteiger partial charge in [-0.3, -0.25) is 9.78 Å². The highest BCUT2D eigenvalue weighted by atomic mass is 19.4. The summed E-state index contributed by atoms with van der Waals surface area (Å²) in [5.41, 5.74) is 1.31. The number of hydrogen-bond acceptors (Lipinski definition) is 7. The van der Waals surface area contributed by atoms with Crippen molar-refractivity contribution in [2.75, 3.05) is 10.6 Å². The standard InChI is InChI=1S/C25H28F3N7O/c1-14(2)32-22(36)19-13-31-23(34-17-6-5-15-11-29-12-16(15)9-17)35-21(19)33-18-7-8-30-20(10-18)24(3,4)25(26,27)28/h5-10,13-14,29H,11-12H2,1-4H3,(H,32,36)(H2,30,31,33,34,35). The van der Waals surface area contributed by atoms with Gasteiger partial charge in [0.25, 0.3) is 5.91 Å². The van der Waals surface area contributed by atoms with Crippen LogP contribution in [-0.2, 0) is 18.5 Å². The summed E-state index contributed by atoms with van der Waals surface area (Å²) in [4.78, 5) is 25.5. The normalized spacial score (nSPS) is 13.4. The van der Waals surface area contributed by atoms with Crippen LogP contribution in [0.15, 0.2) is 42.7 Å². The summed E-state index contributed by atoms with van der Waals surface area (Å²) in [6.07, 6.45) is -1.82. The minimum absolute atomic E-state index is 0.136. The third-order valence-electron chi connectivity index (χ3n) is 5.92. The van der Waals surface area contributed by atoms with E-state index in [1.165, 1.54) is 35.7 Å². The summed E-state index contributed by atoms with van der Waals surface area (Å²) in [6, 6.07) is 8.62. The summed E-state index contributed by atoms with van der Waals surface area (Å²) < 4.78 is 40.7. The molecule has 1 amide bonds. The summed E-state index contributed by atoms with van der Waals surface area (Å²) >= 11 is 0. The monoisotopic (exact) mass is 499 g/mol. The maximum absolute atomic E-state index is 13.6. The third-order valence-corrected chi connectivity index (χ3v) is 5.92. The summed E-state index contributed by atoms with van der Waals surface area (Å²) in [5, 5.41) is 12.2. The van der Waals surface area contributed by atoms with Gasteiger partial charge in [-0.15, -0.1) is 0 Å². The molecule has 11 heteroatoms. The maximum atomic E-state index is 13.6. The quantitative estimate of drug-likeness (QED) is 0.365. The molecule has 0 radical (unpaired) electrons. The number of halogens is 3. The van der Waals surface area contributed by atoms with Crippen LogP contribution in [0.1, 0.15) is 54.9 Å². The van der Waals surface area contributed by atoms with Crippen LogP contribution in [0.3, 0.4) is 0 Å². The van der Waals surface area contributed by atoms with E-state index in [-0.39, 0.29) is 29.1 Å². The molecule has 190 valence electrons. The third kappa shape index (κ3) is 5.40. The van der Waals surface area contributed by atoms with E-state index in [2.05, 4.69) is 36.2 Å². The molecule has 1 aromatic carbocycles. The minimum Gasteiger partial charge on any atom is -0.350 e. The SMILES string of the molecule is CC(C)NC(=O)c1cnc(Nc2ccc3c(c2)CNC3)nc1Nc1ccnc(C(C)(C)C(F)(F)F)c1.